The van der Waals surface area contributed by atoms with Gasteiger partial charge in [-0.2, -0.15) is 5.10 Å². The van der Waals surface area contributed by atoms with Crippen LogP contribution in [0.15, 0.2) is 73.8 Å². The lowest BCUT2D eigenvalue weighted by atomic mass is 10.0. The van der Waals surface area contributed by atoms with E-state index in [1.165, 1.54) is 24.4 Å². The highest BCUT2D eigenvalue weighted by molar-refractivity contribution is 6.02. The van der Waals surface area contributed by atoms with Crippen molar-refractivity contribution in [1.29, 1.82) is 0 Å². The van der Waals surface area contributed by atoms with Crippen molar-refractivity contribution in [3.63, 3.8) is 0 Å². The van der Waals surface area contributed by atoms with Crippen LogP contribution < -0.4 is 20.3 Å². The van der Waals surface area contributed by atoms with Crippen molar-refractivity contribution in [2.75, 3.05) is 56.4 Å². The van der Waals surface area contributed by atoms with E-state index in [2.05, 4.69) is 81.1 Å². The predicted octanol–water partition coefficient (Wildman–Crippen LogP) is 6.88. The molecule has 250 valence electrons. The molecule has 11 heteroatoms. The lowest BCUT2D eigenvalue weighted by Gasteiger charge is -2.27. The van der Waals surface area contributed by atoms with Crippen LogP contribution >= 0.6 is 0 Å². The number of benzene rings is 2. The number of aromatic nitrogens is 5. The first-order chi connectivity index (χ1) is 23.3. The van der Waals surface area contributed by atoms with Crippen molar-refractivity contribution >= 4 is 39.8 Å². The number of unbranched alkanes of at least 4 members (excludes halogenated alkanes) is 1. The first kappa shape index (κ1) is 32.8. The normalized spacial score (nSPS) is 12.8. The first-order valence-corrected chi connectivity index (χ1v) is 16.6. The number of carbonyl (C=O) groups is 1. The van der Waals surface area contributed by atoms with Gasteiger partial charge in [-0.05, 0) is 51.1 Å². The van der Waals surface area contributed by atoms with Gasteiger partial charge in [0.2, 0.25) is 11.9 Å². The molecule has 48 heavy (non-hydrogen) atoms. The number of likely N-dealkylation sites (N-methyl/N-ethyl adjacent to an activating group) is 2. The summed E-state index contributed by atoms with van der Waals surface area (Å²) < 4.78 is 10.0. The third-order valence-electron chi connectivity index (χ3n) is 8.87. The summed E-state index contributed by atoms with van der Waals surface area (Å²) in [6.07, 6.45) is 13.8. The average Bonchev–Trinajstić information content (AvgIpc) is 3.74. The number of nitrogens with zero attached hydrogens (tertiary/aromatic N) is 7. The quantitative estimate of drug-likeness (QED) is 0.119. The van der Waals surface area contributed by atoms with Gasteiger partial charge in [-0.1, -0.05) is 38.1 Å². The number of nitrogens with one attached hydrogen (secondary N) is 2. The minimum Gasteiger partial charge on any atom is -0.494 e. The summed E-state index contributed by atoms with van der Waals surface area (Å²) in [5.74, 6) is 0.700. The molecule has 3 heterocycles. The van der Waals surface area contributed by atoms with Crippen LogP contribution in [0.2, 0.25) is 0 Å². The van der Waals surface area contributed by atoms with Gasteiger partial charge in [0, 0.05) is 85.5 Å². The van der Waals surface area contributed by atoms with Crippen molar-refractivity contribution in [2.24, 2.45) is 7.05 Å². The summed E-state index contributed by atoms with van der Waals surface area (Å²) in [4.78, 5) is 26.9. The fourth-order valence-corrected chi connectivity index (χ4v) is 6.00. The summed E-state index contributed by atoms with van der Waals surface area (Å²) in [7, 11) is 7.69. The maximum absolute atomic E-state index is 12.6. The molecule has 3 aromatic heterocycles. The van der Waals surface area contributed by atoms with E-state index in [1.54, 1.807) is 11.8 Å². The van der Waals surface area contributed by atoms with Crippen LogP contribution in [0.3, 0.4) is 0 Å². The third kappa shape index (κ3) is 7.06. The first-order valence-electron chi connectivity index (χ1n) is 16.6. The third-order valence-corrected chi connectivity index (χ3v) is 8.87. The standard InChI is InChI=1S/C37H45N9O2/c1-7-9-16-43(3)17-18-44(4)33-20-34(48-6)31(19-30(33)40-35(47)8-2)41-37-38-22-28(25-21-39-45(5)23-25)36(42-37)29-24-46(26-14-15-26)32-13-11-10-12-27(29)32/h8,10-13,19-24,26H,2,7,9,14-18H2,1,3-6H3,(H,40,47)(H,38,41,42). The number of carbonyl (C=O) groups excluding carboxylic acids is 1. The van der Waals surface area contributed by atoms with Crippen LogP contribution in [0, 0.1) is 0 Å². The van der Waals surface area contributed by atoms with Gasteiger partial charge in [-0.25, -0.2) is 9.97 Å². The van der Waals surface area contributed by atoms with Crippen LogP contribution in [0.5, 0.6) is 5.75 Å². The number of para-hydroxylation sites is 1. The minimum absolute atomic E-state index is 0.299. The SMILES string of the molecule is C=CC(=O)Nc1cc(Nc2ncc(-c3cnn(C)c3)c(-c3cn(C4CC4)c4ccccc34)n2)c(OC)cc1N(C)CCN(C)CCCC. The van der Waals surface area contributed by atoms with E-state index in [0.717, 1.165) is 65.9 Å². The van der Waals surface area contributed by atoms with E-state index < -0.39 is 0 Å². The van der Waals surface area contributed by atoms with Gasteiger partial charge in [0.15, 0.2) is 0 Å². The minimum atomic E-state index is -0.299. The second-order valence-electron chi connectivity index (χ2n) is 12.5. The van der Waals surface area contributed by atoms with E-state index in [9.17, 15) is 4.79 Å². The van der Waals surface area contributed by atoms with E-state index in [1.807, 2.05) is 44.8 Å². The Morgan fingerprint density at radius 2 is 1.90 bits per heavy atom. The molecule has 1 fully saturated rings. The van der Waals surface area contributed by atoms with Crippen molar-refractivity contribution < 1.29 is 9.53 Å². The summed E-state index contributed by atoms with van der Waals surface area (Å²) >= 11 is 0. The van der Waals surface area contributed by atoms with Gasteiger partial charge >= 0.3 is 0 Å². The van der Waals surface area contributed by atoms with E-state index in [0.29, 0.717) is 29.1 Å². The van der Waals surface area contributed by atoms with Crippen molar-refractivity contribution in [3.8, 4) is 28.1 Å². The molecule has 2 N–H and O–H groups in total. The summed E-state index contributed by atoms with van der Waals surface area (Å²) in [5, 5.41) is 11.9. The molecular weight excluding hydrogens is 602 g/mol. The molecule has 6 rings (SSSR count). The Hall–Kier alpha value is -5.16. The smallest absolute Gasteiger partial charge is 0.247 e. The molecule has 1 amide bonds. The molecule has 0 spiro atoms. The molecule has 1 saturated carbocycles. The maximum Gasteiger partial charge on any atom is 0.247 e. The van der Waals surface area contributed by atoms with Crippen LogP contribution in [0.25, 0.3) is 33.3 Å². The maximum atomic E-state index is 12.6. The van der Waals surface area contributed by atoms with Gasteiger partial charge in [-0.15, -0.1) is 0 Å². The van der Waals surface area contributed by atoms with Gasteiger partial charge in [0.25, 0.3) is 0 Å². The Balaban J connectivity index is 1.39. The number of rotatable bonds is 15. The predicted molar refractivity (Wildman–Crippen MR) is 194 cm³/mol. The van der Waals surface area contributed by atoms with Crippen LogP contribution in [0.1, 0.15) is 38.6 Å². The number of ether oxygens (including phenoxy) is 1. The van der Waals surface area contributed by atoms with Gasteiger partial charge in [-0.3, -0.25) is 9.48 Å². The molecule has 11 nitrogen and oxygen atoms in total. The van der Waals surface area contributed by atoms with E-state index in [4.69, 9.17) is 14.7 Å². The molecule has 1 aliphatic carbocycles. The lowest BCUT2D eigenvalue weighted by molar-refractivity contribution is -0.111. The van der Waals surface area contributed by atoms with Crippen molar-refractivity contribution in [1.82, 2.24) is 29.2 Å². The Kier molecular flexibility index (Phi) is 9.77. The molecule has 0 atom stereocenters. The molecule has 5 aromatic rings. The molecule has 0 radical (unpaired) electrons. The van der Waals surface area contributed by atoms with Crippen molar-refractivity contribution in [3.05, 3.63) is 73.8 Å². The molecule has 0 bridgehead atoms. The van der Waals surface area contributed by atoms with E-state index in [-0.39, 0.29) is 5.91 Å². The highest BCUT2D eigenvalue weighted by Crippen LogP contribution is 2.43. The summed E-state index contributed by atoms with van der Waals surface area (Å²) in [6, 6.07) is 12.8. The number of hydrogen-bond donors (Lipinski definition) is 2. The van der Waals surface area contributed by atoms with Gasteiger partial charge in [0.1, 0.15) is 5.75 Å². The Bertz CT molecular complexity index is 1920. The fraction of sp³-hybridized carbons (Fsp3) is 0.351. The zero-order valence-electron chi connectivity index (χ0n) is 28.5. The zero-order valence-corrected chi connectivity index (χ0v) is 28.5. The number of anilines is 4. The van der Waals surface area contributed by atoms with Crippen molar-refractivity contribution in [2.45, 2.75) is 38.6 Å². The number of aryl methyl sites for hydroxylation is 1. The molecule has 0 aliphatic heterocycles. The number of fused-ring (bicyclic) bond motifs is 1. The molecule has 0 saturated heterocycles. The van der Waals surface area contributed by atoms with Gasteiger partial charge < -0.3 is 29.7 Å². The second kappa shape index (κ2) is 14.3. The molecule has 0 unspecified atom stereocenters. The van der Waals surface area contributed by atoms with Gasteiger partial charge in [0.05, 0.1) is 36.1 Å². The Morgan fingerprint density at radius 3 is 2.60 bits per heavy atom. The second-order valence-corrected chi connectivity index (χ2v) is 12.5. The van der Waals surface area contributed by atoms with Crippen LogP contribution in [-0.4, -0.2) is 76.0 Å². The highest BCUT2D eigenvalue weighted by Gasteiger charge is 2.27. The highest BCUT2D eigenvalue weighted by atomic mass is 16.5. The number of methoxy groups -OCH3 is 1. The molecule has 1 aliphatic rings. The summed E-state index contributed by atoms with van der Waals surface area (Å²) in [6.45, 7) is 8.54. The molecular formula is C37H45N9O2. The van der Waals surface area contributed by atoms with Crippen LogP contribution in [-0.2, 0) is 11.8 Å². The largest absolute Gasteiger partial charge is 0.494 e. The average molecular weight is 648 g/mol. The summed E-state index contributed by atoms with van der Waals surface area (Å²) in [5.41, 5.74) is 6.93. The number of amides is 1. The lowest BCUT2D eigenvalue weighted by Crippen LogP contribution is -2.32. The molecule has 2 aromatic carbocycles. The van der Waals surface area contributed by atoms with Crippen LogP contribution in [0.4, 0.5) is 23.0 Å². The Labute approximate surface area is 282 Å². The fourth-order valence-electron chi connectivity index (χ4n) is 6.00. The zero-order chi connectivity index (χ0) is 33.8. The Morgan fingerprint density at radius 1 is 1.08 bits per heavy atom. The monoisotopic (exact) mass is 647 g/mol. The van der Waals surface area contributed by atoms with E-state index >= 15 is 0 Å². The topological polar surface area (TPSA) is 105 Å². The number of hydrogen-bond acceptors (Lipinski definition) is 8.